The lowest BCUT2D eigenvalue weighted by atomic mass is 14.0. The van der Waals surface area contributed by atoms with Gasteiger partial charge in [0, 0.05) is 0 Å². The van der Waals surface area contributed by atoms with E-state index in [2.05, 4.69) is 0 Å². The van der Waals surface area contributed by atoms with Crippen LogP contribution in [-0.2, 0) is 0 Å². The van der Waals surface area contributed by atoms with Gasteiger partial charge in [0.25, 0.3) is 0 Å². The van der Waals surface area contributed by atoms with E-state index in [0.717, 1.165) is 0 Å². The highest BCUT2D eigenvalue weighted by Crippen LogP contribution is -0.379. The summed E-state index contributed by atoms with van der Waals surface area (Å²) in [4.78, 5) is 0. The molecule has 0 amide bonds. The van der Waals surface area contributed by atoms with Crippen LogP contribution in [0.5, 0.6) is 0 Å². The van der Waals surface area contributed by atoms with E-state index in [4.69, 9.17) is 0 Å². The molecule has 0 spiro atoms. The third-order valence-corrected chi connectivity index (χ3v) is 0. The van der Waals surface area contributed by atoms with Gasteiger partial charge in [0.15, 0.2) is 52.1 Å². The average Bonchev–Trinajstić information content (AvgIpc) is 0. The average molecular weight is 124 g/mol. The predicted octanol–water partition coefficient (Wildman–Crippen LogP) is -3.23. The summed E-state index contributed by atoms with van der Waals surface area (Å²) >= 11 is 0. The smallest absolute Gasteiger partial charge is 0.187 e. The lowest BCUT2D eigenvalue weighted by Gasteiger charge is -0.345. The quantitative estimate of drug-likeness (QED) is 0.333. The molecule has 0 saturated heterocycles. The van der Waals surface area contributed by atoms with Crippen LogP contribution in [0.1, 0.15) is 0 Å². The van der Waals surface area contributed by atoms with E-state index < -0.39 is 0 Å². The Morgan fingerprint density at radius 1 is 0.400 bits per heavy atom. The Kier molecular flexibility index (Phi) is 843. The van der Waals surface area contributed by atoms with Gasteiger partial charge in [0.1, 0.15) is 0 Å². The van der Waals surface area contributed by atoms with E-state index in [-0.39, 0.29) is 64.4 Å². The second kappa shape index (κ2) is 48.9. The third-order valence-electron chi connectivity index (χ3n) is 0. The first-order chi connectivity index (χ1) is 0. The number of hydrogen-bond acceptors (Lipinski definition) is 2. The van der Waals surface area contributed by atoms with Crippen LogP contribution >= 0.6 is 0 Å². The van der Waals surface area contributed by atoms with Gasteiger partial charge in [-0.15, -0.1) is 0 Å². The van der Waals surface area contributed by atoms with Crippen molar-refractivity contribution in [1.82, 2.24) is 12.3 Å². The Hall–Kier alpha value is 1.52. The molecule has 0 aromatic rings. The lowest BCUT2D eigenvalue weighted by molar-refractivity contribution is 2.13. The molecule has 0 unspecified atom stereocenters. The van der Waals surface area contributed by atoms with Crippen LogP contribution in [0.3, 0.4) is 0 Å². The SMILES string of the molecule is N.N.[AlH3].[AlH3].[AlH3]. The van der Waals surface area contributed by atoms with Crippen LogP contribution in [0.2, 0.25) is 0 Å². The maximum Gasteiger partial charge on any atom is 0.187 e. The maximum atomic E-state index is 0. The molecule has 6 N–H and O–H groups in total. The van der Waals surface area contributed by atoms with Gasteiger partial charge in [-0.1, -0.05) is 0 Å². The van der Waals surface area contributed by atoms with Crippen LogP contribution in [0.4, 0.5) is 0 Å². The van der Waals surface area contributed by atoms with Crippen molar-refractivity contribution in [2.45, 2.75) is 0 Å². The van der Waals surface area contributed by atoms with E-state index in [1.807, 2.05) is 0 Å². The van der Waals surface area contributed by atoms with Gasteiger partial charge >= 0.3 is 0 Å². The number of hydrogen-bond donors (Lipinski definition) is 2. The predicted molar refractivity (Wildman–Crippen MR) is 39.9 cm³/mol. The zero-order valence-electron chi connectivity index (χ0n) is 1.41. The van der Waals surface area contributed by atoms with Gasteiger partial charge in [0.05, 0.1) is 0 Å². The topological polar surface area (TPSA) is 70.0 Å². The summed E-state index contributed by atoms with van der Waals surface area (Å²) < 4.78 is 0. The summed E-state index contributed by atoms with van der Waals surface area (Å²) in [7, 11) is 0. The first-order valence-corrected chi connectivity index (χ1v) is 0. The lowest BCUT2D eigenvalue weighted by Crippen LogP contribution is -0.482. The summed E-state index contributed by atoms with van der Waals surface area (Å²) in [5.41, 5.74) is 0. The van der Waals surface area contributed by atoms with E-state index in [0.29, 0.717) is 0 Å². The van der Waals surface area contributed by atoms with Gasteiger partial charge in [0.2, 0.25) is 0 Å². The molecule has 0 aliphatic heterocycles. The molecule has 0 rings (SSSR count). The summed E-state index contributed by atoms with van der Waals surface area (Å²) in [6.07, 6.45) is 0. The van der Waals surface area contributed by atoms with Crippen molar-refractivity contribution in [3.8, 4) is 0 Å². The van der Waals surface area contributed by atoms with Crippen LogP contribution in [0, 0.1) is 0 Å². The molecule has 0 radical (unpaired) electrons. The van der Waals surface area contributed by atoms with Crippen molar-refractivity contribution in [3.63, 3.8) is 0 Å². The Morgan fingerprint density at radius 3 is 0.400 bits per heavy atom. The fourth-order valence-corrected chi connectivity index (χ4v) is 0. The Bertz CT molecular complexity index is 4.85. The summed E-state index contributed by atoms with van der Waals surface area (Å²) in [5.74, 6) is 0. The fourth-order valence-electron chi connectivity index (χ4n) is 0. The molecule has 0 fully saturated rings. The van der Waals surface area contributed by atoms with E-state index in [9.17, 15) is 0 Å². The van der Waals surface area contributed by atoms with Crippen LogP contribution in [0.15, 0.2) is 0 Å². The molecule has 0 aliphatic carbocycles. The minimum absolute atomic E-state index is 0. The van der Waals surface area contributed by atoms with Gasteiger partial charge in [-0.05, 0) is 0 Å². The van der Waals surface area contributed by atoms with Crippen molar-refractivity contribution < 1.29 is 0 Å². The van der Waals surface area contributed by atoms with E-state index in [1.165, 1.54) is 0 Å². The summed E-state index contributed by atoms with van der Waals surface area (Å²) in [6.45, 7) is 0. The Labute approximate surface area is 64.3 Å². The molecule has 0 aliphatic rings. The van der Waals surface area contributed by atoms with Crippen molar-refractivity contribution in [2.75, 3.05) is 0 Å². The highest BCUT2D eigenvalue weighted by Gasteiger charge is 0.189. The molecule has 0 heterocycles. The van der Waals surface area contributed by atoms with Gasteiger partial charge in [-0.2, -0.15) is 0 Å². The molecule has 0 aromatic carbocycles. The van der Waals surface area contributed by atoms with Crippen molar-refractivity contribution in [2.24, 2.45) is 0 Å². The maximum absolute atomic E-state index is 0. The zero-order valence-corrected chi connectivity index (χ0v) is 1.41. The number of rotatable bonds is 0. The normalized spacial score (nSPS) is 0. The molecule has 0 saturated carbocycles. The summed E-state index contributed by atoms with van der Waals surface area (Å²) in [5, 5.41) is 0. The fraction of sp³-hybridized carbons (Fsp3) is 0. The molecule has 5 heavy (non-hydrogen) atoms. The standard InChI is InChI=1S/3Al.2H3N.9H/h;;;2*1H3;;;;;;;;;. The molecule has 0 atom stereocenters. The Balaban J connectivity index is 0. The van der Waals surface area contributed by atoms with Crippen LogP contribution in [0.25, 0.3) is 0 Å². The second-order valence-electron chi connectivity index (χ2n) is 0. The van der Waals surface area contributed by atoms with E-state index >= 15 is 0 Å². The summed E-state index contributed by atoms with van der Waals surface area (Å²) in [6, 6.07) is 0. The van der Waals surface area contributed by atoms with E-state index in [1.54, 1.807) is 0 Å². The molecule has 5 heteroatoms. The first kappa shape index (κ1) is 86.2. The monoisotopic (exact) mass is 124 g/mol. The van der Waals surface area contributed by atoms with Gasteiger partial charge < -0.3 is 12.3 Å². The molecule has 0 aromatic heterocycles. The van der Waals surface area contributed by atoms with Crippen molar-refractivity contribution in [1.29, 1.82) is 0 Å². The van der Waals surface area contributed by atoms with Gasteiger partial charge in [-0.25, -0.2) is 0 Å². The molecule has 34 valence electrons. The largest absolute Gasteiger partial charge is 0.344 e. The van der Waals surface area contributed by atoms with Crippen LogP contribution < -0.4 is 12.3 Å². The third kappa shape index (κ3) is 29.6. The first-order valence-electron chi connectivity index (χ1n) is 0. The minimum Gasteiger partial charge on any atom is -0.344 e. The zero-order chi connectivity index (χ0) is 0. The second-order valence-corrected chi connectivity index (χ2v) is 0. The highest BCUT2D eigenvalue weighted by molar-refractivity contribution is 5.76. The minimum atomic E-state index is 0. The van der Waals surface area contributed by atoms with Crippen molar-refractivity contribution in [3.05, 3.63) is 0 Å². The van der Waals surface area contributed by atoms with Gasteiger partial charge in [-0.3, -0.25) is 0 Å². The van der Waals surface area contributed by atoms with Crippen molar-refractivity contribution >= 4 is 52.1 Å². The van der Waals surface area contributed by atoms with Crippen LogP contribution in [-0.4, -0.2) is 52.1 Å². The molecule has 2 nitrogen and oxygen atoms in total. The highest BCUT2D eigenvalue weighted by atomic mass is 27.0. The molecule has 0 bridgehead atoms. The molecular weight excluding hydrogens is 109 g/mol. The Morgan fingerprint density at radius 2 is 0.400 bits per heavy atom. The molecular formula is H15Al3N2.